The van der Waals surface area contributed by atoms with E-state index in [0.717, 1.165) is 62.6 Å². The fourth-order valence-corrected chi connectivity index (χ4v) is 13.1. The molecule has 6 bridgehead atoms. The molecule has 0 N–H and O–H groups in total. The van der Waals surface area contributed by atoms with Crippen molar-refractivity contribution in [2.24, 2.45) is 30.0 Å². The third-order valence-corrected chi connectivity index (χ3v) is 15.5. The number of fused-ring (bicyclic) bond motifs is 14. The van der Waals surface area contributed by atoms with Crippen LogP contribution in [-0.2, 0) is 3.53 Å². The van der Waals surface area contributed by atoms with Gasteiger partial charge >= 0.3 is 322 Å². The second-order valence-electron chi connectivity index (χ2n) is 13.6. The number of nitrogens with zero attached hydrogens (tertiary/aromatic N) is 9. The predicted molar refractivity (Wildman–Crippen MR) is 217 cm³/mol. The molecule has 0 unspecified atom stereocenters. The van der Waals surface area contributed by atoms with Crippen LogP contribution in [0, 0.1) is 0 Å². The Bertz CT molecular complexity index is 2910. The van der Waals surface area contributed by atoms with Crippen molar-refractivity contribution in [2.75, 3.05) is 18.0 Å². The number of aromatic nitrogens is 2. The molecule has 0 radical (unpaired) electrons. The Kier molecular flexibility index (Phi) is 7.06. The molecule has 6 heterocycles. The van der Waals surface area contributed by atoms with Crippen LogP contribution in [0.15, 0.2) is 151 Å². The Morgan fingerprint density at radius 1 is 0.527 bits per heavy atom. The Balaban J connectivity index is 1.29. The average molecular weight is 774 g/mol. The molecule has 4 aliphatic rings. The van der Waals surface area contributed by atoms with Gasteiger partial charge in [-0.05, 0) is 0 Å². The number of carbonyl (C=O) groups excluding carboxylic acids is 1. The summed E-state index contributed by atoms with van der Waals surface area (Å²) in [4.78, 5) is 48.5. The molecule has 4 aliphatic heterocycles. The van der Waals surface area contributed by atoms with Gasteiger partial charge in [-0.15, -0.1) is 0 Å². The molecular formula is C43H30GaN9O2. The number of benzene rings is 5. The summed E-state index contributed by atoms with van der Waals surface area (Å²) in [7, 11) is 0. The van der Waals surface area contributed by atoms with Crippen LogP contribution < -0.4 is 15.9 Å². The summed E-state index contributed by atoms with van der Waals surface area (Å²) in [6, 6.07) is 39.8. The number of anilines is 1. The van der Waals surface area contributed by atoms with Crippen molar-refractivity contribution >= 4 is 85.2 Å². The predicted octanol–water partition coefficient (Wildman–Crippen LogP) is 6.62. The zero-order chi connectivity index (χ0) is 36.8. The molecule has 262 valence electrons. The van der Waals surface area contributed by atoms with Crippen molar-refractivity contribution in [2.45, 2.75) is 13.8 Å². The van der Waals surface area contributed by atoms with Gasteiger partial charge in [-0.3, -0.25) is 0 Å². The quantitative estimate of drug-likeness (QED) is 0.183. The summed E-state index contributed by atoms with van der Waals surface area (Å²) >= 11 is -4.10. The maximum absolute atomic E-state index is 14.7. The summed E-state index contributed by atoms with van der Waals surface area (Å²) in [5.41, 5.74) is 6.19. The van der Waals surface area contributed by atoms with Crippen LogP contribution in [0.25, 0.3) is 21.5 Å². The van der Waals surface area contributed by atoms with Crippen LogP contribution in [0.1, 0.15) is 46.5 Å². The van der Waals surface area contributed by atoms with Gasteiger partial charge in [0.1, 0.15) is 0 Å². The first-order valence-electron chi connectivity index (χ1n) is 18.4. The summed E-state index contributed by atoms with van der Waals surface area (Å²) in [5, 5.41) is 3.42. The molecule has 0 spiro atoms. The molecule has 11 rings (SSSR count). The monoisotopic (exact) mass is 773 g/mol. The Labute approximate surface area is 320 Å². The van der Waals surface area contributed by atoms with Gasteiger partial charge in [-0.1, -0.05) is 0 Å². The Hall–Kier alpha value is -6.63. The first-order valence-corrected chi connectivity index (χ1v) is 21.5. The van der Waals surface area contributed by atoms with Gasteiger partial charge in [-0.2, -0.15) is 0 Å². The van der Waals surface area contributed by atoms with E-state index in [2.05, 4.69) is 25.3 Å². The number of hydrogen-bond acceptors (Lipinski definition) is 9. The second-order valence-corrected chi connectivity index (χ2v) is 17.7. The third kappa shape index (κ3) is 4.74. The van der Waals surface area contributed by atoms with E-state index in [1.54, 1.807) is 0 Å². The third-order valence-electron chi connectivity index (χ3n) is 10.7. The van der Waals surface area contributed by atoms with E-state index in [9.17, 15) is 4.79 Å². The first-order chi connectivity index (χ1) is 27.1. The van der Waals surface area contributed by atoms with Crippen molar-refractivity contribution in [1.29, 1.82) is 0 Å². The number of rotatable bonds is 5. The molecule has 5 aromatic carbocycles. The van der Waals surface area contributed by atoms with Crippen molar-refractivity contribution in [3.05, 3.63) is 160 Å². The van der Waals surface area contributed by atoms with E-state index < -0.39 is 23.0 Å². The first kappa shape index (κ1) is 31.9. The summed E-state index contributed by atoms with van der Waals surface area (Å²) in [5.74, 6) is 2.90. The Morgan fingerprint density at radius 3 is 1.40 bits per heavy atom. The summed E-state index contributed by atoms with van der Waals surface area (Å²) < 4.78 is 11.1. The van der Waals surface area contributed by atoms with Crippen molar-refractivity contribution < 1.29 is 8.32 Å². The van der Waals surface area contributed by atoms with Crippen LogP contribution >= 0.6 is 0 Å². The topological polar surface area (TPSA) is 114 Å². The molecular weight excluding hydrogens is 744 g/mol. The molecule has 7 aromatic rings. The van der Waals surface area contributed by atoms with E-state index in [1.807, 2.05) is 121 Å². The standard InChI is InChI=1S/C32H16N8.C11H15NO2.Ga/c1-2-10-18-17(9-1)25-33-26(18)38-28-21-13-5-6-14-22(21)30(35-28)40-32-24-16-8-7-15-23(24)31(36-32)39-29-20-12-4-3-11-19(20)27(34-29)37-25;1-3-12(4-2)10-7-5-9(6-8-10)11(13)14;/h1-16H;5-8H,3-4H2,1-2H3,(H,13,14);/q-2;;+3/p-1. The molecule has 0 aliphatic carbocycles. The van der Waals surface area contributed by atoms with E-state index in [4.69, 9.17) is 33.5 Å². The average Bonchev–Trinajstić information content (AvgIpc) is 3.94. The Morgan fingerprint density at radius 2 is 0.945 bits per heavy atom. The van der Waals surface area contributed by atoms with Gasteiger partial charge < -0.3 is 0 Å². The minimum absolute atomic E-state index is 0.443. The van der Waals surface area contributed by atoms with Gasteiger partial charge in [0.25, 0.3) is 0 Å². The number of aliphatic imine (C=N–C) groups is 4. The zero-order valence-electron chi connectivity index (χ0n) is 29.9. The van der Waals surface area contributed by atoms with Crippen LogP contribution in [0.2, 0.25) is 0 Å². The van der Waals surface area contributed by atoms with Crippen LogP contribution in [0.5, 0.6) is 0 Å². The number of hydrogen-bond donors (Lipinski definition) is 0. The van der Waals surface area contributed by atoms with Gasteiger partial charge in [0, 0.05) is 0 Å². The normalized spacial score (nSPS) is 14.5. The van der Waals surface area contributed by atoms with E-state index in [0.29, 0.717) is 51.5 Å². The molecule has 0 saturated heterocycles. The van der Waals surface area contributed by atoms with E-state index >= 15 is 0 Å². The summed E-state index contributed by atoms with van der Waals surface area (Å²) in [6.07, 6.45) is 0. The van der Waals surface area contributed by atoms with Gasteiger partial charge in [0.2, 0.25) is 0 Å². The van der Waals surface area contributed by atoms with Crippen LogP contribution in [0.4, 0.5) is 17.3 Å². The van der Waals surface area contributed by atoms with Crippen molar-refractivity contribution in [3.63, 3.8) is 0 Å². The SMILES string of the molecule is CCN(CC)c1ccc(C(=O)[O][Ga]2[n]3c4c5ccccc5c3N=C3N=C(N=c5c6ccccc6c([n]52)=NC2=NC(=N4)c4ccccc42)c2ccccc23)cc1. The number of carbonyl (C=O) groups is 1. The zero-order valence-corrected chi connectivity index (χ0v) is 32.3. The molecule has 55 heavy (non-hydrogen) atoms. The van der Waals surface area contributed by atoms with E-state index in [1.165, 1.54) is 0 Å². The molecule has 0 saturated carbocycles. The van der Waals surface area contributed by atoms with Crippen LogP contribution in [0.3, 0.4) is 0 Å². The van der Waals surface area contributed by atoms with E-state index in [-0.39, 0.29) is 0 Å². The number of amidine groups is 4. The van der Waals surface area contributed by atoms with Gasteiger partial charge in [0.05, 0.1) is 0 Å². The molecule has 0 amide bonds. The van der Waals surface area contributed by atoms with Gasteiger partial charge in [0.15, 0.2) is 0 Å². The molecule has 11 nitrogen and oxygen atoms in total. The second kappa shape index (κ2) is 12.2. The molecule has 0 atom stereocenters. The van der Waals surface area contributed by atoms with Gasteiger partial charge in [-0.25, -0.2) is 0 Å². The molecule has 0 fully saturated rings. The molecule has 12 heteroatoms. The fourth-order valence-electron chi connectivity index (χ4n) is 8.05. The molecule has 2 aromatic heterocycles. The van der Waals surface area contributed by atoms with Crippen LogP contribution in [-0.4, -0.2) is 66.0 Å². The summed E-state index contributed by atoms with van der Waals surface area (Å²) in [6.45, 7) is 5.96. The minimum atomic E-state index is -4.10. The van der Waals surface area contributed by atoms with Crippen molar-refractivity contribution in [3.8, 4) is 0 Å². The van der Waals surface area contributed by atoms with Crippen molar-refractivity contribution in [1.82, 2.24) is 6.55 Å². The fraction of sp³-hybridized carbons (Fsp3) is 0.0930. The maximum atomic E-state index is 14.7.